The molecule has 1 heterocycles. The van der Waals surface area contributed by atoms with Gasteiger partial charge in [0.25, 0.3) is 0 Å². The van der Waals surface area contributed by atoms with E-state index in [1.165, 1.54) is 24.3 Å². The largest absolute Gasteiger partial charge is 0.382 e. The second-order valence-electron chi connectivity index (χ2n) is 3.45. The van der Waals surface area contributed by atoms with Gasteiger partial charge >= 0.3 is 0 Å². The van der Waals surface area contributed by atoms with Gasteiger partial charge in [-0.15, -0.1) is 0 Å². The normalized spacial score (nSPS) is 12.5. The molecule has 0 saturated carbocycles. The van der Waals surface area contributed by atoms with Crippen molar-refractivity contribution in [3.8, 4) is 0 Å². The number of halogens is 3. The van der Waals surface area contributed by atoms with Crippen molar-refractivity contribution in [2.24, 2.45) is 0 Å². The molecule has 1 aromatic heterocycles. The van der Waals surface area contributed by atoms with Gasteiger partial charge in [0.2, 0.25) is 0 Å². The zero-order chi connectivity index (χ0) is 12.4. The molecule has 1 N–H and O–H groups in total. The predicted molar refractivity (Wildman–Crippen MR) is 62.4 cm³/mol. The standard InChI is InChI=1S/C12H8BrF2NO/c13-9-3-1-2-8(11(9)15)12(17)10-5-4-7(14)6-16-10/h1-6,12,17H. The minimum atomic E-state index is -1.21. The van der Waals surface area contributed by atoms with E-state index < -0.39 is 17.7 Å². The predicted octanol–water partition coefficient (Wildman–Crippen LogP) is 3.20. The van der Waals surface area contributed by atoms with Crippen LogP contribution in [0.15, 0.2) is 41.0 Å². The van der Waals surface area contributed by atoms with Crippen LogP contribution in [0.25, 0.3) is 0 Å². The van der Waals surface area contributed by atoms with Crippen molar-refractivity contribution in [1.29, 1.82) is 0 Å². The first-order valence-corrected chi connectivity index (χ1v) is 5.62. The van der Waals surface area contributed by atoms with Crippen LogP contribution in [0.4, 0.5) is 8.78 Å². The summed E-state index contributed by atoms with van der Waals surface area (Å²) in [6.07, 6.45) is -0.234. The Morgan fingerprint density at radius 2 is 1.94 bits per heavy atom. The van der Waals surface area contributed by atoms with Crippen molar-refractivity contribution in [2.75, 3.05) is 0 Å². The van der Waals surface area contributed by atoms with Crippen LogP contribution < -0.4 is 0 Å². The second kappa shape index (κ2) is 4.89. The molecule has 1 unspecified atom stereocenters. The lowest BCUT2D eigenvalue weighted by molar-refractivity contribution is 0.209. The Hall–Kier alpha value is -1.33. The Morgan fingerprint density at radius 1 is 1.18 bits per heavy atom. The van der Waals surface area contributed by atoms with E-state index >= 15 is 0 Å². The zero-order valence-corrected chi connectivity index (χ0v) is 10.2. The summed E-state index contributed by atoms with van der Waals surface area (Å²) in [5.74, 6) is -1.05. The number of hydrogen-bond acceptors (Lipinski definition) is 2. The molecule has 2 rings (SSSR count). The summed E-state index contributed by atoms with van der Waals surface area (Å²) < 4.78 is 26.6. The molecule has 1 atom stereocenters. The highest BCUT2D eigenvalue weighted by Gasteiger charge is 2.17. The van der Waals surface area contributed by atoms with Gasteiger partial charge in [-0.3, -0.25) is 4.98 Å². The van der Waals surface area contributed by atoms with E-state index in [-0.39, 0.29) is 15.7 Å². The first-order chi connectivity index (χ1) is 8.09. The molecule has 0 aliphatic rings. The van der Waals surface area contributed by atoms with Crippen molar-refractivity contribution in [3.05, 3.63) is 63.9 Å². The molecule has 0 saturated heterocycles. The van der Waals surface area contributed by atoms with Gasteiger partial charge in [-0.2, -0.15) is 0 Å². The number of nitrogens with zero attached hydrogens (tertiary/aromatic N) is 1. The summed E-state index contributed by atoms with van der Waals surface area (Å²) in [7, 11) is 0. The lowest BCUT2D eigenvalue weighted by Crippen LogP contribution is -2.05. The molecule has 0 amide bonds. The zero-order valence-electron chi connectivity index (χ0n) is 8.57. The Kier molecular flexibility index (Phi) is 3.49. The SMILES string of the molecule is OC(c1ccc(F)cn1)c1cccc(Br)c1F. The van der Waals surface area contributed by atoms with E-state index in [1.54, 1.807) is 6.07 Å². The molecular weight excluding hydrogens is 292 g/mol. The minimum Gasteiger partial charge on any atom is -0.382 e. The number of aliphatic hydroxyl groups is 1. The van der Waals surface area contributed by atoms with Crippen LogP contribution in [0.2, 0.25) is 0 Å². The highest BCUT2D eigenvalue weighted by Crippen LogP contribution is 2.27. The fraction of sp³-hybridized carbons (Fsp3) is 0.0833. The van der Waals surface area contributed by atoms with Crippen molar-refractivity contribution in [2.45, 2.75) is 6.10 Å². The van der Waals surface area contributed by atoms with Gasteiger partial charge in [-0.25, -0.2) is 8.78 Å². The summed E-state index contributed by atoms with van der Waals surface area (Å²) in [4.78, 5) is 3.72. The lowest BCUT2D eigenvalue weighted by Gasteiger charge is -2.11. The maximum Gasteiger partial charge on any atom is 0.143 e. The summed E-state index contributed by atoms with van der Waals surface area (Å²) in [6.45, 7) is 0. The minimum absolute atomic E-state index is 0.0958. The van der Waals surface area contributed by atoms with Gasteiger partial charge in [0.15, 0.2) is 0 Å². The van der Waals surface area contributed by atoms with Crippen LogP contribution in [0.3, 0.4) is 0 Å². The lowest BCUT2D eigenvalue weighted by atomic mass is 10.1. The third kappa shape index (κ3) is 2.50. The Labute approximate surface area is 105 Å². The van der Waals surface area contributed by atoms with Gasteiger partial charge in [-0.05, 0) is 34.1 Å². The highest BCUT2D eigenvalue weighted by molar-refractivity contribution is 9.10. The molecular formula is C12H8BrF2NO. The first-order valence-electron chi connectivity index (χ1n) is 4.83. The topological polar surface area (TPSA) is 33.1 Å². The molecule has 0 radical (unpaired) electrons. The molecule has 2 aromatic rings. The van der Waals surface area contributed by atoms with Crippen LogP contribution in [0.1, 0.15) is 17.4 Å². The first kappa shape index (κ1) is 12.1. The number of rotatable bonds is 2. The van der Waals surface area contributed by atoms with E-state index in [4.69, 9.17) is 0 Å². The summed E-state index contributed by atoms with van der Waals surface area (Å²) in [6, 6.07) is 7.08. The monoisotopic (exact) mass is 299 g/mol. The molecule has 0 aliphatic carbocycles. The van der Waals surface area contributed by atoms with Crippen LogP contribution in [-0.2, 0) is 0 Å². The smallest absolute Gasteiger partial charge is 0.143 e. The summed E-state index contributed by atoms with van der Waals surface area (Å²) in [5.41, 5.74) is 0.293. The molecule has 1 aromatic carbocycles. The van der Waals surface area contributed by atoms with Crippen molar-refractivity contribution < 1.29 is 13.9 Å². The van der Waals surface area contributed by atoms with Crippen LogP contribution in [0.5, 0.6) is 0 Å². The van der Waals surface area contributed by atoms with E-state index in [0.717, 1.165) is 6.20 Å². The van der Waals surface area contributed by atoms with E-state index in [0.29, 0.717) is 0 Å². The number of pyridine rings is 1. The fourth-order valence-corrected chi connectivity index (χ4v) is 1.82. The van der Waals surface area contributed by atoms with E-state index in [9.17, 15) is 13.9 Å². The number of aliphatic hydroxyl groups excluding tert-OH is 1. The average Bonchev–Trinajstić information content (AvgIpc) is 2.33. The second-order valence-corrected chi connectivity index (χ2v) is 4.30. The van der Waals surface area contributed by atoms with E-state index in [1.807, 2.05) is 0 Å². The fourth-order valence-electron chi connectivity index (χ4n) is 1.44. The molecule has 0 fully saturated rings. The van der Waals surface area contributed by atoms with Crippen LogP contribution >= 0.6 is 15.9 Å². The van der Waals surface area contributed by atoms with Crippen LogP contribution in [0, 0.1) is 11.6 Å². The molecule has 2 nitrogen and oxygen atoms in total. The highest BCUT2D eigenvalue weighted by atomic mass is 79.9. The molecule has 88 valence electrons. The maximum atomic E-state index is 13.7. The van der Waals surface area contributed by atoms with Crippen molar-refractivity contribution in [1.82, 2.24) is 4.98 Å². The Bertz CT molecular complexity index is 531. The molecule has 0 spiro atoms. The molecule has 0 bridgehead atoms. The van der Waals surface area contributed by atoms with Gasteiger partial charge in [0.05, 0.1) is 16.4 Å². The number of benzene rings is 1. The van der Waals surface area contributed by atoms with Gasteiger partial charge < -0.3 is 5.11 Å². The number of hydrogen-bond donors (Lipinski definition) is 1. The maximum absolute atomic E-state index is 13.7. The molecule has 5 heteroatoms. The molecule has 0 aliphatic heterocycles. The molecule has 17 heavy (non-hydrogen) atoms. The quantitative estimate of drug-likeness (QED) is 0.924. The van der Waals surface area contributed by atoms with E-state index in [2.05, 4.69) is 20.9 Å². The van der Waals surface area contributed by atoms with Gasteiger partial charge in [0.1, 0.15) is 17.7 Å². The number of aromatic nitrogens is 1. The summed E-state index contributed by atoms with van der Waals surface area (Å²) in [5, 5.41) is 9.94. The van der Waals surface area contributed by atoms with Crippen molar-refractivity contribution >= 4 is 15.9 Å². The van der Waals surface area contributed by atoms with Gasteiger partial charge in [0, 0.05) is 5.56 Å². The summed E-state index contributed by atoms with van der Waals surface area (Å²) >= 11 is 3.03. The average molecular weight is 300 g/mol. The third-order valence-electron chi connectivity index (χ3n) is 2.31. The Balaban J connectivity index is 2.40. The van der Waals surface area contributed by atoms with Crippen molar-refractivity contribution in [3.63, 3.8) is 0 Å². The van der Waals surface area contributed by atoms with Gasteiger partial charge in [-0.1, -0.05) is 12.1 Å². The third-order valence-corrected chi connectivity index (χ3v) is 2.92. The Morgan fingerprint density at radius 3 is 2.59 bits per heavy atom. The van der Waals surface area contributed by atoms with Crippen LogP contribution in [-0.4, -0.2) is 10.1 Å².